The minimum Gasteiger partial charge on any atom is -0.294 e. The van der Waals surface area contributed by atoms with E-state index in [9.17, 15) is 14.9 Å². The predicted molar refractivity (Wildman–Crippen MR) is 106 cm³/mol. The summed E-state index contributed by atoms with van der Waals surface area (Å²) in [5.74, 6) is -0.0252. The van der Waals surface area contributed by atoms with Crippen molar-refractivity contribution in [1.29, 1.82) is 0 Å². The molecule has 0 spiro atoms. The molecule has 5 heteroatoms. The zero-order chi connectivity index (χ0) is 19.2. The monoisotopic (exact) mass is 379 g/mol. The van der Waals surface area contributed by atoms with Crippen molar-refractivity contribution in [3.05, 3.63) is 111 Å². The van der Waals surface area contributed by atoms with Crippen LogP contribution in [-0.2, 0) is 6.42 Å². The van der Waals surface area contributed by atoms with E-state index < -0.39 is 4.92 Å². The van der Waals surface area contributed by atoms with Gasteiger partial charge in [0.2, 0.25) is 0 Å². The highest BCUT2D eigenvalue weighted by atomic mass is 35.5. The molecular weight excluding hydrogens is 362 g/mol. The molecule has 4 nitrogen and oxygen atoms in total. The van der Waals surface area contributed by atoms with Crippen molar-refractivity contribution in [1.82, 2.24) is 0 Å². The third-order valence-electron chi connectivity index (χ3n) is 4.50. The van der Waals surface area contributed by atoms with E-state index in [4.69, 9.17) is 11.6 Å². The number of Topliss-reactive ketones (excluding diaryl/α,β-unsaturated/α-hetero) is 1. The van der Waals surface area contributed by atoms with Crippen molar-refractivity contribution < 1.29 is 9.72 Å². The molecule has 0 aromatic heterocycles. The number of hydrogen-bond acceptors (Lipinski definition) is 3. The Balaban J connectivity index is 1.81. The highest BCUT2D eigenvalue weighted by molar-refractivity contribution is 6.30. The predicted octanol–water partition coefficient (Wildman–Crippen LogP) is 5.85. The number of benzene rings is 3. The first-order valence-corrected chi connectivity index (χ1v) is 8.98. The van der Waals surface area contributed by atoms with Gasteiger partial charge in [-0.25, -0.2) is 0 Å². The van der Waals surface area contributed by atoms with Crippen molar-refractivity contribution in [2.75, 3.05) is 0 Å². The lowest BCUT2D eigenvalue weighted by molar-refractivity contribution is -0.384. The first-order chi connectivity index (χ1) is 13.0. The number of halogens is 1. The molecule has 0 fully saturated rings. The number of rotatable bonds is 7. The minimum atomic E-state index is -0.471. The van der Waals surface area contributed by atoms with E-state index in [1.54, 1.807) is 0 Å². The summed E-state index contributed by atoms with van der Waals surface area (Å²) in [6.45, 7) is 0. The van der Waals surface area contributed by atoms with E-state index >= 15 is 0 Å². The summed E-state index contributed by atoms with van der Waals surface area (Å²) in [6.07, 6.45) is 1.03. The molecule has 0 saturated heterocycles. The Labute approximate surface area is 162 Å². The van der Waals surface area contributed by atoms with Crippen molar-refractivity contribution in [2.24, 2.45) is 0 Å². The van der Waals surface area contributed by atoms with Crippen LogP contribution in [0.4, 0.5) is 5.69 Å². The Hall–Kier alpha value is -2.98. The van der Waals surface area contributed by atoms with Gasteiger partial charge in [0, 0.05) is 29.1 Å². The highest BCUT2D eigenvalue weighted by Crippen LogP contribution is 2.27. The maximum atomic E-state index is 12.8. The molecule has 0 heterocycles. The van der Waals surface area contributed by atoms with Gasteiger partial charge in [0.05, 0.1) is 4.92 Å². The standard InChI is InChI=1S/C22H18ClNO3/c23-20-10-6-16(7-11-20)14-19(17-4-2-1-3-5-17)15-22(25)18-8-12-21(13-9-18)24(26)27/h1-13,19H,14-15H2. The maximum Gasteiger partial charge on any atom is 0.269 e. The minimum absolute atomic E-state index is 0.00932. The molecule has 136 valence electrons. The fourth-order valence-corrected chi connectivity index (χ4v) is 3.17. The first kappa shape index (κ1) is 18.8. The van der Waals surface area contributed by atoms with Gasteiger partial charge in [0.25, 0.3) is 5.69 Å². The van der Waals surface area contributed by atoms with Crippen molar-refractivity contribution >= 4 is 23.1 Å². The Morgan fingerprint density at radius 2 is 1.56 bits per heavy atom. The van der Waals surface area contributed by atoms with Gasteiger partial charge in [-0.3, -0.25) is 14.9 Å². The average molecular weight is 380 g/mol. The number of nitrogens with zero attached hydrogens (tertiary/aromatic N) is 1. The Morgan fingerprint density at radius 3 is 2.15 bits per heavy atom. The SMILES string of the molecule is O=C(CC(Cc1ccc(Cl)cc1)c1ccccc1)c1ccc([N+](=O)[O-])cc1. The van der Waals surface area contributed by atoms with E-state index in [0.717, 1.165) is 11.1 Å². The molecule has 0 amide bonds. The number of nitro groups is 1. The normalized spacial score (nSPS) is 11.7. The molecule has 0 aliphatic heterocycles. The number of hydrogen-bond donors (Lipinski definition) is 0. The average Bonchev–Trinajstić information content (AvgIpc) is 2.70. The molecule has 0 radical (unpaired) electrons. The van der Waals surface area contributed by atoms with Gasteiger partial charge in [-0.15, -0.1) is 0 Å². The number of carbonyl (C=O) groups is 1. The van der Waals surface area contributed by atoms with Crippen LogP contribution in [0.15, 0.2) is 78.9 Å². The van der Waals surface area contributed by atoms with E-state index in [0.29, 0.717) is 23.4 Å². The van der Waals surface area contributed by atoms with E-state index in [1.807, 2.05) is 54.6 Å². The van der Waals surface area contributed by atoms with Gasteiger partial charge >= 0.3 is 0 Å². The first-order valence-electron chi connectivity index (χ1n) is 8.60. The summed E-state index contributed by atoms with van der Waals surface area (Å²) < 4.78 is 0. The summed E-state index contributed by atoms with van der Waals surface area (Å²) in [5.41, 5.74) is 2.65. The summed E-state index contributed by atoms with van der Waals surface area (Å²) in [4.78, 5) is 23.1. The summed E-state index contributed by atoms with van der Waals surface area (Å²) >= 11 is 5.96. The number of ketones is 1. The summed E-state index contributed by atoms with van der Waals surface area (Å²) in [5, 5.41) is 11.5. The van der Waals surface area contributed by atoms with Gasteiger partial charge in [0.15, 0.2) is 5.78 Å². The van der Waals surface area contributed by atoms with Crippen LogP contribution in [0, 0.1) is 10.1 Å². The number of carbonyl (C=O) groups excluding carboxylic acids is 1. The maximum absolute atomic E-state index is 12.8. The molecule has 0 N–H and O–H groups in total. The van der Waals surface area contributed by atoms with E-state index in [1.165, 1.54) is 24.3 Å². The van der Waals surface area contributed by atoms with Crippen LogP contribution >= 0.6 is 11.6 Å². The fraction of sp³-hybridized carbons (Fsp3) is 0.136. The van der Waals surface area contributed by atoms with Crippen LogP contribution in [0.3, 0.4) is 0 Å². The molecule has 3 aromatic carbocycles. The van der Waals surface area contributed by atoms with Crippen molar-refractivity contribution in [3.8, 4) is 0 Å². The third kappa shape index (κ3) is 5.02. The van der Waals surface area contributed by atoms with Gasteiger partial charge in [-0.05, 0) is 47.7 Å². The molecule has 1 atom stereocenters. The second-order valence-corrected chi connectivity index (χ2v) is 6.81. The Bertz CT molecular complexity index is 922. The number of nitro benzene ring substituents is 1. The van der Waals surface area contributed by atoms with Gasteiger partial charge in [0.1, 0.15) is 0 Å². The largest absolute Gasteiger partial charge is 0.294 e. The Kier molecular flexibility index (Phi) is 5.99. The van der Waals surface area contributed by atoms with E-state index in [2.05, 4.69) is 0 Å². The van der Waals surface area contributed by atoms with Crippen LogP contribution in [0.2, 0.25) is 5.02 Å². The summed E-state index contributed by atoms with van der Waals surface area (Å²) in [7, 11) is 0. The molecule has 0 aliphatic rings. The van der Waals surface area contributed by atoms with Gasteiger partial charge < -0.3 is 0 Å². The van der Waals surface area contributed by atoms with Gasteiger partial charge in [-0.2, -0.15) is 0 Å². The van der Waals surface area contributed by atoms with E-state index in [-0.39, 0.29) is 17.4 Å². The zero-order valence-electron chi connectivity index (χ0n) is 14.5. The van der Waals surface area contributed by atoms with Crippen LogP contribution < -0.4 is 0 Å². The van der Waals surface area contributed by atoms with Crippen LogP contribution in [-0.4, -0.2) is 10.7 Å². The van der Waals surface area contributed by atoms with Crippen LogP contribution in [0.25, 0.3) is 0 Å². The molecule has 0 bridgehead atoms. The zero-order valence-corrected chi connectivity index (χ0v) is 15.3. The molecule has 3 rings (SSSR count). The topological polar surface area (TPSA) is 60.2 Å². The Morgan fingerprint density at radius 1 is 0.926 bits per heavy atom. The molecule has 1 unspecified atom stereocenters. The second kappa shape index (κ2) is 8.60. The van der Waals surface area contributed by atoms with Crippen molar-refractivity contribution in [2.45, 2.75) is 18.8 Å². The molecular formula is C22H18ClNO3. The second-order valence-electron chi connectivity index (χ2n) is 6.37. The molecule has 0 saturated carbocycles. The molecule has 27 heavy (non-hydrogen) atoms. The lowest BCUT2D eigenvalue weighted by atomic mass is 9.86. The lowest BCUT2D eigenvalue weighted by Gasteiger charge is -2.17. The lowest BCUT2D eigenvalue weighted by Crippen LogP contribution is -2.10. The highest BCUT2D eigenvalue weighted by Gasteiger charge is 2.18. The quantitative estimate of drug-likeness (QED) is 0.294. The third-order valence-corrected chi connectivity index (χ3v) is 4.75. The molecule has 0 aliphatic carbocycles. The van der Waals surface area contributed by atoms with Gasteiger partial charge in [-0.1, -0.05) is 54.1 Å². The molecule has 3 aromatic rings. The summed E-state index contributed by atoms with van der Waals surface area (Å²) in [6, 6.07) is 23.3. The van der Waals surface area contributed by atoms with Crippen molar-refractivity contribution in [3.63, 3.8) is 0 Å². The smallest absolute Gasteiger partial charge is 0.269 e. The van der Waals surface area contributed by atoms with Crippen LogP contribution in [0.5, 0.6) is 0 Å². The number of non-ortho nitro benzene ring substituents is 1. The fourth-order valence-electron chi connectivity index (χ4n) is 3.05. The van der Waals surface area contributed by atoms with Crippen LogP contribution in [0.1, 0.15) is 33.8 Å².